The summed E-state index contributed by atoms with van der Waals surface area (Å²) in [5, 5.41) is 3.75. The second-order valence-electron chi connectivity index (χ2n) is 2.93. The Morgan fingerprint density at radius 2 is 2.00 bits per heavy atom. The third kappa shape index (κ3) is 2.28. The van der Waals surface area contributed by atoms with Crippen molar-refractivity contribution in [2.24, 2.45) is 0 Å². The fraction of sp³-hybridized carbons (Fsp3) is 0.182. The number of hydrogen-bond acceptors (Lipinski definition) is 4. The van der Waals surface area contributed by atoms with Crippen molar-refractivity contribution in [2.45, 2.75) is 6.61 Å². The fourth-order valence-electron chi connectivity index (χ4n) is 1.20. The standard InChI is InChI=1S/C11H11NO3/c1-13-10-4-2-3-5-11(10)14-8-9-6-7-15-12-9/h2-7H,8H2,1H3. The third-order valence-electron chi connectivity index (χ3n) is 1.94. The highest BCUT2D eigenvalue weighted by atomic mass is 16.5. The molecule has 0 aliphatic heterocycles. The van der Waals surface area contributed by atoms with Crippen LogP contribution >= 0.6 is 0 Å². The summed E-state index contributed by atoms with van der Waals surface area (Å²) in [4.78, 5) is 0. The molecule has 2 rings (SSSR count). The van der Waals surface area contributed by atoms with Gasteiger partial charge < -0.3 is 14.0 Å². The smallest absolute Gasteiger partial charge is 0.161 e. The summed E-state index contributed by atoms with van der Waals surface area (Å²) >= 11 is 0. The molecule has 0 N–H and O–H groups in total. The number of methoxy groups -OCH3 is 1. The lowest BCUT2D eigenvalue weighted by molar-refractivity contribution is 0.272. The molecular weight excluding hydrogens is 194 g/mol. The molecule has 0 saturated heterocycles. The van der Waals surface area contributed by atoms with E-state index in [4.69, 9.17) is 14.0 Å². The van der Waals surface area contributed by atoms with Gasteiger partial charge in [0.15, 0.2) is 11.5 Å². The summed E-state index contributed by atoms with van der Waals surface area (Å²) in [5.74, 6) is 1.41. The molecule has 0 atom stereocenters. The van der Waals surface area contributed by atoms with Gasteiger partial charge in [-0.15, -0.1) is 0 Å². The highest BCUT2D eigenvalue weighted by molar-refractivity contribution is 5.39. The normalized spacial score (nSPS) is 9.93. The van der Waals surface area contributed by atoms with Crippen LogP contribution in [0.25, 0.3) is 0 Å². The molecule has 0 bridgehead atoms. The average molecular weight is 205 g/mol. The van der Waals surface area contributed by atoms with Crippen LogP contribution in [0.2, 0.25) is 0 Å². The first-order chi connectivity index (χ1) is 7.40. The van der Waals surface area contributed by atoms with Gasteiger partial charge in [-0.05, 0) is 12.1 Å². The molecule has 4 nitrogen and oxygen atoms in total. The Hall–Kier alpha value is -1.97. The molecule has 0 radical (unpaired) electrons. The minimum absolute atomic E-state index is 0.372. The molecule has 1 aromatic heterocycles. The number of aromatic nitrogens is 1. The lowest BCUT2D eigenvalue weighted by Gasteiger charge is -2.08. The summed E-state index contributed by atoms with van der Waals surface area (Å²) in [6.45, 7) is 0.372. The Balaban J connectivity index is 2.04. The lowest BCUT2D eigenvalue weighted by Crippen LogP contribution is -1.97. The van der Waals surface area contributed by atoms with Crippen LogP contribution in [0, 0.1) is 0 Å². The molecule has 1 aromatic carbocycles. The van der Waals surface area contributed by atoms with Gasteiger partial charge in [-0.2, -0.15) is 0 Å². The Morgan fingerprint density at radius 3 is 2.67 bits per heavy atom. The van der Waals surface area contributed by atoms with Gasteiger partial charge in [0.1, 0.15) is 18.6 Å². The van der Waals surface area contributed by atoms with Crippen LogP contribution in [-0.4, -0.2) is 12.3 Å². The highest BCUT2D eigenvalue weighted by Gasteiger charge is 2.03. The van der Waals surface area contributed by atoms with Crippen molar-refractivity contribution in [2.75, 3.05) is 7.11 Å². The first kappa shape index (κ1) is 9.58. The van der Waals surface area contributed by atoms with E-state index in [1.165, 1.54) is 6.26 Å². The SMILES string of the molecule is COc1ccccc1OCc1ccon1. The molecule has 15 heavy (non-hydrogen) atoms. The molecule has 1 heterocycles. The van der Waals surface area contributed by atoms with E-state index in [0.29, 0.717) is 18.1 Å². The maximum Gasteiger partial charge on any atom is 0.161 e. The molecule has 0 aliphatic rings. The van der Waals surface area contributed by atoms with Crippen molar-refractivity contribution in [3.63, 3.8) is 0 Å². The third-order valence-corrected chi connectivity index (χ3v) is 1.94. The van der Waals surface area contributed by atoms with Crippen molar-refractivity contribution in [3.8, 4) is 11.5 Å². The number of benzene rings is 1. The minimum Gasteiger partial charge on any atom is -0.493 e. The second-order valence-corrected chi connectivity index (χ2v) is 2.93. The Bertz CT molecular complexity index is 412. The molecule has 0 fully saturated rings. The molecule has 2 aromatic rings. The number of nitrogens with zero attached hydrogens (tertiary/aromatic N) is 1. The van der Waals surface area contributed by atoms with E-state index in [1.54, 1.807) is 13.2 Å². The molecule has 4 heteroatoms. The van der Waals surface area contributed by atoms with E-state index in [2.05, 4.69) is 5.16 Å². The summed E-state index contributed by atoms with van der Waals surface area (Å²) in [7, 11) is 1.61. The first-order valence-electron chi connectivity index (χ1n) is 4.55. The number of hydrogen-bond donors (Lipinski definition) is 0. The van der Waals surface area contributed by atoms with Gasteiger partial charge in [0.05, 0.1) is 7.11 Å². The van der Waals surface area contributed by atoms with E-state index in [-0.39, 0.29) is 0 Å². The van der Waals surface area contributed by atoms with Crippen molar-refractivity contribution in [3.05, 3.63) is 42.3 Å². The van der Waals surface area contributed by atoms with Gasteiger partial charge in [-0.1, -0.05) is 17.3 Å². The van der Waals surface area contributed by atoms with E-state index in [1.807, 2.05) is 24.3 Å². The summed E-state index contributed by atoms with van der Waals surface area (Å²) in [6.07, 6.45) is 1.51. The Kier molecular flexibility index (Phi) is 2.88. The van der Waals surface area contributed by atoms with Crippen molar-refractivity contribution in [1.82, 2.24) is 5.16 Å². The van der Waals surface area contributed by atoms with Crippen LogP contribution in [0.15, 0.2) is 41.1 Å². The summed E-state index contributed by atoms with van der Waals surface area (Å²) < 4.78 is 15.4. The van der Waals surface area contributed by atoms with E-state index in [9.17, 15) is 0 Å². The topological polar surface area (TPSA) is 44.5 Å². The van der Waals surface area contributed by atoms with Gasteiger partial charge >= 0.3 is 0 Å². The molecule has 0 amide bonds. The maximum absolute atomic E-state index is 5.52. The largest absolute Gasteiger partial charge is 0.493 e. The molecular formula is C11H11NO3. The molecule has 0 aliphatic carbocycles. The number of para-hydroxylation sites is 2. The Labute approximate surface area is 87.4 Å². The molecule has 0 spiro atoms. The van der Waals surface area contributed by atoms with Crippen LogP contribution < -0.4 is 9.47 Å². The zero-order valence-electron chi connectivity index (χ0n) is 8.34. The van der Waals surface area contributed by atoms with Crippen molar-refractivity contribution < 1.29 is 14.0 Å². The van der Waals surface area contributed by atoms with Gasteiger partial charge in [-0.25, -0.2) is 0 Å². The van der Waals surface area contributed by atoms with Crippen LogP contribution in [0.3, 0.4) is 0 Å². The minimum atomic E-state index is 0.372. The predicted octanol–water partition coefficient (Wildman–Crippen LogP) is 2.26. The van der Waals surface area contributed by atoms with Crippen molar-refractivity contribution >= 4 is 0 Å². The quantitative estimate of drug-likeness (QED) is 0.768. The summed E-state index contributed by atoms with van der Waals surface area (Å²) in [5.41, 5.74) is 0.751. The zero-order valence-corrected chi connectivity index (χ0v) is 8.34. The zero-order chi connectivity index (χ0) is 10.5. The van der Waals surface area contributed by atoms with E-state index >= 15 is 0 Å². The average Bonchev–Trinajstić information content (AvgIpc) is 2.79. The monoisotopic (exact) mass is 205 g/mol. The second kappa shape index (κ2) is 4.50. The first-order valence-corrected chi connectivity index (χ1v) is 4.55. The van der Waals surface area contributed by atoms with Crippen LogP contribution in [0.4, 0.5) is 0 Å². The van der Waals surface area contributed by atoms with Gasteiger partial charge in [-0.3, -0.25) is 0 Å². The highest BCUT2D eigenvalue weighted by Crippen LogP contribution is 2.26. The van der Waals surface area contributed by atoms with Gasteiger partial charge in [0, 0.05) is 6.07 Å². The van der Waals surface area contributed by atoms with E-state index in [0.717, 1.165) is 5.69 Å². The van der Waals surface area contributed by atoms with Crippen LogP contribution in [-0.2, 0) is 6.61 Å². The molecule has 0 unspecified atom stereocenters. The molecule has 0 saturated carbocycles. The van der Waals surface area contributed by atoms with Crippen LogP contribution in [0.5, 0.6) is 11.5 Å². The maximum atomic E-state index is 5.52. The van der Waals surface area contributed by atoms with Gasteiger partial charge in [0.2, 0.25) is 0 Å². The van der Waals surface area contributed by atoms with E-state index < -0.39 is 0 Å². The lowest BCUT2D eigenvalue weighted by atomic mass is 10.3. The number of ether oxygens (including phenoxy) is 2. The van der Waals surface area contributed by atoms with Gasteiger partial charge in [0.25, 0.3) is 0 Å². The summed E-state index contributed by atoms with van der Waals surface area (Å²) in [6, 6.07) is 9.23. The Morgan fingerprint density at radius 1 is 1.20 bits per heavy atom. The molecule has 78 valence electrons. The predicted molar refractivity (Wildman–Crippen MR) is 53.8 cm³/mol. The van der Waals surface area contributed by atoms with Crippen LogP contribution in [0.1, 0.15) is 5.69 Å². The fourth-order valence-corrected chi connectivity index (χ4v) is 1.20. The van der Waals surface area contributed by atoms with Crippen molar-refractivity contribution in [1.29, 1.82) is 0 Å². The number of rotatable bonds is 4.